The van der Waals surface area contributed by atoms with Crippen molar-refractivity contribution in [3.8, 4) is 0 Å². The maximum atomic E-state index is 13.0. The molecule has 2 N–H and O–H groups in total. The molecule has 1 saturated heterocycles. The number of carbonyl (C=O) groups is 2. The predicted octanol–water partition coefficient (Wildman–Crippen LogP) is 2.20. The van der Waals surface area contributed by atoms with Crippen molar-refractivity contribution >= 4 is 28.5 Å². The molecule has 0 aliphatic carbocycles. The number of nitrogens with one attached hydrogen (secondary N) is 2. The van der Waals surface area contributed by atoms with Gasteiger partial charge in [-0.25, -0.2) is 4.98 Å². The highest BCUT2D eigenvalue weighted by Crippen LogP contribution is 2.24. The molecule has 0 bridgehead atoms. The Balaban J connectivity index is 1.58. The Morgan fingerprint density at radius 1 is 1.20 bits per heavy atom. The Bertz CT molecular complexity index is 921. The number of H-pyrrole nitrogens is 1. The van der Waals surface area contributed by atoms with E-state index in [1.165, 1.54) is 12.5 Å². The number of amides is 2. The first-order chi connectivity index (χ1) is 12.2. The minimum absolute atomic E-state index is 0.167. The van der Waals surface area contributed by atoms with Gasteiger partial charge in [-0.1, -0.05) is 18.2 Å². The average Bonchev–Trinajstić information content (AvgIpc) is 3.31. The first-order valence-corrected chi connectivity index (χ1v) is 8.18. The molecule has 2 amide bonds. The number of imidazole rings is 1. The van der Waals surface area contributed by atoms with Crippen LogP contribution in [0.1, 0.15) is 23.2 Å². The van der Waals surface area contributed by atoms with Crippen molar-refractivity contribution in [3.63, 3.8) is 0 Å². The van der Waals surface area contributed by atoms with Gasteiger partial charge in [-0.05, 0) is 25.0 Å². The Kier molecular flexibility index (Phi) is 3.89. The van der Waals surface area contributed by atoms with Gasteiger partial charge >= 0.3 is 0 Å². The number of aromatic amines is 1. The van der Waals surface area contributed by atoms with E-state index in [0.29, 0.717) is 29.6 Å². The van der Waals surface area contributed by atoms with E-state index < -0.39 is 6.04 Å². The van der Waals surface area contributed by atoms with Gasteiger partial charge in [0.05, 0.1) is 23.6 Å². The molecule has 25 heavy (non-hydrogen) atoms. The SMILES string of the molecule is O=C(Nc1ccccc1)[C@H]1CCCN1C(=O)c1cncc2[nH]cnc12. The number of benzene rings is 1. The first-order valence-electron chi connectivity index (χ1n) is 8.18. The molecule has 2 aromatic heterocycles. The topological polar surface area (TPSA) is 91.0 Å². The Hall–Kier alpha value is -3.22. The Morgan fingerprint density at radius 2 is 2.04 bits per heavy atom. The summed E-state index contributed by atoms with van der Waals surface area (Å²) in [4.78, 5) is 38.5. The zero-order valence-electron chi connectivity index (χ0n) is 13.5. The fraction of sp³-hybridized carbons (Fsp3) is 0.222. The number of hydrogen-bond acceptors (Lipinski definition) is 4. The molecule has 1 aliphatic heterocycles. The highest BCUT2D eigenvalue weighted by molar-refractivity contribution is 6.07. The smallest absolute Gasteiger partial charge is 0.258 e. The summed E-state index contributed by atoms with van der Waals surface area (Å²) >= 11 is 0. The maximum absolute atomic E-state index is 13.0. The summed E-state index contributed by atoms with van der Waals surface area (Å²) in [5.41, 5.74) is 2.42. The quantitative estimate of drug-likeness (QED) is 0.768. The molecule has 1 aliphatic rings. The van der Waals surface area contributed by atoms with Crippen LogP contribution in [0.3, 0.4) is 0 Å². The van der Waals surface area contributed by atoms with Crippen LogP contribution in [-0.2, 0) is 4.79 Å². The van der Waals surface area contributed by atoms with Crippen LogP contribution in [-0.4, -0.2) is 44.3 Å². The molecular formula is C18H17N5O2. The lowest BCUT2D eigenvalue weighted by Gasteiger charge is -2.24. The summed E-state index contributed by atoms with van der Waals surface area (Å²) in [5, 5.41) is 2.88. The Labute approximate surface area is 144 Å². The van der Waals surface area contributed by atoms with E-state index in [1.54, 1.807) is 11.1 Å². The number of nitrogens with zero attached hydrogens (tertiary/aromatic N) is 3. The minimum atomic E-state index is -0.484. The van der Waals surface area contributed by atoms with Crippen LogP contribution >= 0.6 is 0 Å². The molecule has 3 aromatic rings. The molecular weight excluding hydrogens is 318 g/mol. The average molecular weight is 335 g/mol. The standard InChI is InChI=1S/C18H17N5O2/c24-17(22-12-5-2-1-3-6-12)15-7-4-8-23(15)18(25)13-9-19-10-14-16(13)21-11-20-14/h1-3,5-6,9-11,15H,4,7-8H2,(H,20,21)(H,22,24)/t15-/m1/s1. The second-order valence-corrected chi connectivity index (χ2v) is 6.00. The van der Waals surface area contributed by atoms with E-state index in [4.69, 9.17) is 0 Å². The lowest BCUT2D eigenvalue weighted by Crippen LogP contribution is -2.43. The van der Waals surface area contributed by atoms with Crippen LogP contribution in [0.5, 0.6) is 0 Å². The predicted molar refractivity (Wildman–Crippen MR) is 93.0 cm³/mol. The fourth-order valence-corrected chi connectivity index (χ4v) is 3.21. The fourth-order valence-electron chi connectivity index (χ4n) is 3.21. The number of pyridine rings is 1. The number of likely N-dealkylation sites (tertiary alicyclic amines) is 1. The number of fused-ring (bicyclic) bond motifs is 1. The van der Waals surface area contributed by atoms with Crippen molar-refractivity contribution in [3.05, 3.63) is 54.6 Å². The van der Waals surface area contributed by atoms with Crippen LogP contribution in [0.2, 0.25) is 0 Å². The van der Waals surface area contributed by atoms with E-state index in [0.717, 1.165) is 12.1 Å². The molecule has 4 rings (SSSR count). The molecule has 1 aromatic carbocycles. The van der Waals surface area contributed by atoms with Crippen LogP contribution in [0.15, 0.2) is 49.1 Å². The third kappa shape index (κ3) is 2.84. The summed E-state index contributed by atoms with van der Waals surface area (Å²) in [5.74, 6) is -0.380. The lowest BCUT2D eigenvalue weighted by molar-refractivity contribution is -0.119. The van der Waals surface area contributed by atoms with Crippen molar-refractivity contribution in [1.82, 2.24) is 19.9 Å². The summed E-state index contributed by atoms with van der Waals surface area (Å²) in [6, 6.07) is 8.77. The molecule has 0 radical (unpaired) electrons. The van der Waals surface area contributed by atoms with Crippen LogP contribution < -0.4 is 5.32 Å². The van der Waals surface area contributed by atoms with Gasteiger partial charge in [0.25, 0.3) is 5.91 Å². The zero-order valence-corrected chi connectivity index (χ0v) is 13.5. The molecule has 7 nitrogen and oxygen atoms in total. The van der Waals surface area contributed by atoms with Crippen LogP contribution in [0.4, 0.5) is 5.69 Å². The molecule has 0 spiro atoms. The van der Waals surface area contributed by atoms with Crippen molar-refractivity contribution in [1.29, 1.82) is 0 Å². The van der Waals surface area contributed by atoms with Crippen LogP contribution in [0.25, 0.3) is 11.0 Å². The van der Waals surface area contributed by atoms with Gasteiger partial charge in [0.1, 0.15) is 11.6 Å². The highest BCUT2D eigenvalue weighted by Gasteiger charge is 2.35. The molecule has 0 unspecified atom stereocenters. The second kappa shape index (κ2) is 6.35. The number of carbonyl (C=O) groups excluding carboxylic acids is 2. The largest absolute Gasteiger partial charge is 0.343 e. The molecule has 126 valence electrons. The molecule has 0 saturated carbocycles. The van der Waals surface area contributed by atoms with Crippen molar-refractivity contribution in [2.24, 2.45) is 0 Å². The van der Waals surface area contributed by atoms with Crippen molar-refractivity contribution < 1.29 is 9.59 Å². The van der Waals surface area contributed by atoms with Gasteiger partial charge < -0.3 is 15.2 Å². The van der Waals surface area contributed by atoms with Gasteiger partial charge in [-0.3, -0.25) is 14.6 Å². The highest BCUT2D eigenvalue weighted by atomic mass is 16.2. The van der Waals surface area contributed by atoms with E-state index >= 15 is 0 Å². The second-order valence-electron chi connectivity index (χ2n) is 6.00. The Morgan fingerprint density at radius 3 is 2.88 bits per heavy atom. The lowest BCUT2D eigenvalue weighted by atomic mass is 10.1. The third-order valence-electron chi connectivity index (χ3n) is 4.42. The van der Waals surface area contributed by atoms with E-state index in [-0.39, 0.29) is 11.8 Å². The molecule has 7 heteroatoms. The third-order valence-corrected chi connectivity index (χ3v) is 4.42. The van der Waals surface area contributed by atoms with Gasteiger partial charge in [0.2, 0.25) is 5.91 Å². The van der Waals surface area contributed by atoms with Gasteiger partial charge in [-0.15, -0.1) is 0 Å². The number of para-hydroxylation sites is 1. The number of aromatic nitrogens is 3. The van der Waals surface area contributed by atoms with Crippen molar-refractivity contribution in [2.45, 2.75) is 18.9 Å². The number of rotatable bonds is 3. The van der Waals surface area contributed by atoms with Gasteiger partial charge in [0.15, 0.2) is 0 Å². The summed E-state index contributed by atoms with van der Waals surface area (Å²) in [6.45, 7) is 0.548. The first kappa shape index (κ1) is 15.3. The van der Waals surface area contributed by atoms with Crippen LogP contribution in [0, 0.1) is 0 Å². The summed E-state index contributed by atoms with van der Waals surface area (Å²) in [6.07, 6.45) is 6.11. The normalized spacial score (nSPS) is 17.0. The monoisotopic (exact) mass is 335 g/mol. The van der Waals surface area contributed by atoms with E-state index in [1.807, 2.05) is 30.3 Å². The zero-order chi connectivity index (χ0) is 17.2. The van der Waals surface area contributed by atoms with Crippen molar-refractivity contribution in [2.75, 3.05) is 11.9 Å². The minimum Gasteiger partial charge on any atom is -0.343 e. The van der Waals surface area contributed by atoms with E-state index in [9.17, 15) is 9.59 Å². The van der Waals surface area contributed by atoms with Gasteiger partial charge in [0, 0.05) is 18.4 Å². The molecule has 3 heterocycles. The maximum Gasteiger partial charge on any atom is 0.258 e. The molecule has 1 fully saturated rings. The summed E-state index contributed by atoms with van der Waals surface area (Å²) < 4.78 is 0. The van der Waals surface area contributed by atoms with E-state index in [2.05, 4.69) is 20.3 Å². The van der Waals surface area contributed by atoms with Gasteiger partial charge in [-0.2, -0.15) is 0 Å². The molecule has 1 atom stereocenters. The number of hydrogen-bond donors (Lipinski definition) is 2. The summed E-state index contributed by atoms with van der Waals surface area (Å²) in [7, 11) is 0. The number of anilines is 1.